The highest BCUT2D eigenvalue weighted by Gasteiger charge is 2.17. The van der Waals surface area contributed by atoms with Crippen molar-refractivity contribution in [1.82, 2.24) is 4.98 Å². The third-order valence-electron chi connectivity index (χ3n) is 2.50. The van der Waals surface area contributed by atoms with Gasteiger partial charge in [-0.25, -0.2) is 4.98 Å². The molecule has 2 aromatic rings. The van der Waals surface area contributed by atoms with Crippen molar-refractivity contribution in [3.05, 3.63) is 26.5 Å². The molecular weight excluding hydrogens is 316 g/mol. The van der Waals surface area contributed by atoms with Crippen LogP contribution in [0.25, 0.3) is 9.88 Å². The van der Waals surface area contributed by atoms with E-state index in [1.54, 1.807) is 22.7 Å². The predicted octanol–water partition coefficient (Wildman–Crippen LogP) is 4.96. The zero-order valence-corrected chi connectivity index (χ0v) is 12.7. The average Bonchev–Trinajstić information content (AvgIpc) is 2.88. The minimum Gasteiger partial charge on any atom is -0.240 e. The largest absolute Gasteiger partial charge is 0.240 e. The third kappa shape index (κ3) is 2.59. The molecule has 0 N–H and O–H groups in total. The average molecular weight is 327 g/mol. The van der Waals surface area contributed by atoms with Crippen LogP contribution in [0.2, 0.25) is 0 Å². The maximum atomic E-state index is 9.11. The first-order valence-corrected chi connectivity index (χ1v) is 7.71. The van der Waals surface area contributed by atoms with Crippen LogP contribution in [0.1, 0.15) is 29.8 Å². The Morgan fingerprint density at radius 1 is 1.47 bits per heavy atom. The fourth-order valence-electron chi connectivity index (χ4n) is 1.60. The molecule has 0 bridgehead atoms. The standard InChI is InChI=1S/C12H11BrN2S2/c1-3-8(6-14)11-7(2)15-12(17-11)9-4-5-10(13)16-9/h4-5,8H,3H2,1-2H3. The number of nitriles is 1. The van der Waals surface area contributed by atoms with Gasteiger partial charge < -0.3 is 0 Å². The van der Waals surface area contributed by atoms with E-state index in [1.165, 1.54) is 0 Å². The smallest absolute Gasteiger partial charge is 0.133 e. The number of aryl methyl sites for hydroxylation is 1. The molecule has 2 aromatic heterocycles. The fourth-order valence-corrected chi connectivity index (χ4v) is 4.24. The number of aromatic nitrogens is 1. The molecular formula is C12H11BrN2S2. The van der Waals surface area contributed by atoms with Gasteiger partial charge in [-0.1, -0.05) is 6.92 Å². The van der Waals surface area contributed by atoms with Gasteiger partial charge in [0.2, 0.25) is 0 Å². The molecule has 2 rings (SSSR count). The minimum atomic E-state index is -0.0235. The lowest BCUT2D eigenvalue weighted by Gasteiger charge is -2.01. The monoisotopic (exact) mass is 326 g/mol. The van der Waals surface area contributed by atoms with Crippen LogP contribution >= 0.6 is 38.6 Å². The van der Waals surface area contributed by atoms with Crippen LogP contribution in [0.3, 0.4) is 0 Å². The number of halogens is 1. The molecule has 0 spiro atoms. The van der Waals surface area contributed by atoms with Gasteiger partial charge in [-0.3, -0.25) is 0 Å². The fraction of sp³-hybridized carbons (Fsp3) is 0.333. The first kappa shape index (κ1) is 12.7. The lowest BCUT2D eigenvalue weighted by Crippen LogP contribution is -1.92. The van der Waals surface area contributed by atoms with Crippen LogP contribution in [0.5, 0.6) is 0 Å². The van der Waals surface area contributed by atoms with E-state index in [-0.39, 0.29) is 5.92 Å². The molecule has 0 fully saturated rings. The van der Waals surface area contributed by atoms with Gasteiger partial charge in [-0.15, -0.1) is 22.7 Å². The molecule has 88 valence electrons. The molecule has 0 amide bonds. The quantitative estimate of drug-likeness (QED) is 0.799. The van der Waals surface area contributed by atoms with Crippen molar-refractivity contribution in [3.8, 4) is 16.0 Å². The van der Waals surface area contributed by atoms with Crippen LogP contribution in [-0.2, 0) is 0 Å². The second-order valence-electron chi connectivity index (χ2n) is 3.66. The van der Waals surface area contributed by atoms with Gasteiger partial charge >= 0.3 is 0 Å². The zero-order valence-electron chi connectivity index (χ0n) is 9.53. The number of thiophene rings is 1. The molecule has 0 radical (unpaired) electrons. The van der Waals surface area contributed by atoms with E-state index >= 15 is 0 Å². The van der Waals surface area contributed by atoms with E-state index in [4.69, 9.17) is 5.26 Å². The highest BCUT2D eigenvalue weighted by molar-refractivity contribution is 9.11. The summed E-state index contributed by atoms with van der Waals surface area (Å²) in [7, 11) is 0. The SMILES string of the molecule is CCC(C#N)c1sc(-c2ccc(Br)s2)nc1C. The van der Waals surface area contributed by atoms with Crippen molar-refractivity contribution >= 4 is 38.6 Å². The number of hydrogen-bond acceptors (Lipinski definition) is 4. The summed E-state index contributed by atoms with van der Waals surface area (Å²) in [4.78, 5) is 6.83. The lowest BCUT2D eigenvalue weighted by molar-refractivity contribution is 0.824. The molecule has 2 heterocycles. The minimum absolute atomic E-state index is 0.0235. The van der Waals surface area contributed by atoms with Crippen LogP contribution in [0, 0.1) is 18.3 Å². The molecule has 5 heteroatoms. The van der Waals surface area contributed by atoms with Crippen LogP contribution in [-0.4, -0.2) is 4.98 Å². The Kier molecular flexibility index (Phi) is 3.97. The maximum Gasteiger partial charge on any atom is 0.133 e. The predicted molar refractivity (Wildman–Crippen MR) is 76.5 cm³/mol. The van der Waals surface area contributed by atoms with Gasteiger partial charge in [0, 0.05) is 4.88 Å². The van der Waals surface area contributed by atoms with Gasteiger partial charge in [-0.2, -0.15) is 5.26 Å². The summed E-state index contributed by atoms with van der Waals surface area (Å²) in [6.07, 6.45) is 0.840. The second-order valence-corrected chi connectivity index (χ2v) is 7.16. The molecule has 1 unspecified atom stereocenters. The van der Waals surface area contributed by atoms with E-state index in [0.29, 0.717) is 0 Å². The Bertz CT molecular complexity index is 565. The summed E-state index contributed by atoms with van der Waals surface area (Å²) in [5.74, 6) is -0.0235. The van der Waals surface area contributed by atoms with Crippen LogP contribution in [0.15, 0.2) is 15.9 Å². The van der Waals surface area contributed by atoms with Crippen LogP contribution in [0.4, 0.5) is 0 Å². The van der Waals surface area contributed by atoms with Gasteiger partial charge in [-0.05, 0) is 41.4 Å². The normalized spacial score (nSPS) is 12.4. The van der Waals surface area contributed by atoms with Crippen molar-refractivity contribution in [1.29, 1.82) is 5.26 Å². The number of hydrogen-bond donors (Lipinski definition) is 0. The maximum absolute atomic E-state index is 9.11. The van der Waals surface area contributed by atoms with Crippen molar-refractivity contribution in [3.63, 3.8) is 0 Å². The highest BCUT2D eigenvalue weighted by Crippen LogP contribution is 2.37. The number of thiazole rings is 1. The summed E-state index contributed by atoms with van der Waals surface area (Å²) >= 11 is 6.76. The molecule has 2 nitrogen and oxygen atoms in total. The molecule has 0 saturated heterocycles. The lowest BCUT2D eigenvalue weighted by atomic mass is 10.1. The molecule has 0 aliphatic rings. The summed E-state index contributed by atoms with van der Waals surface area (Å²) < 4.78 is 1.11. The summed E-state index contributed by atoms with van der Waals surface area (Å²) in [6, 6.07) is 6.43. The van der Waals surface area contributed by atoms with E-state index in [2.05, 4.69) is 33.0 Å². The van der Waals surface area contributed by atoms with Crippen molar-refractivity contribution in [2.24, 2.45) is 0 Å². The van der Waals surface area contributed by atoms with E-state index in [9.17, 15) is 0 Å². The Morgan fingerprint density at radius 3 is 2.76 bits per heavy atom. The molecule has 0 saturated carbocycles. The van der Waals surface area contributed by atoms with Gasteiger partial charge in [0.25, 0.3) is 0 Å². The molecule has 17 heavy (non-hydrogen) atoms. The summed E-state index contributed by atoms with van der Waals surface area (Å²) in [6.45, 7) is 4.02. The van der Waals surface area contributed by atoms with Crippen molar-refractivity contribution in [2.75, 3.05) is 0 Å². The van der Waals surface area contributed by atoms with Crippen molar-refractivity contribution < 1.29 is 0 Å². The molecule has 0 aromatic carbocycles. The molecule has 1 atom stereocenters. The summed E-state index contributed by atoms with van der Waals surface area (Å²) in [5.41, 5.74) is 0.989. The van der Waals surface area contributed by atoms with Gasteiger partial charge in [0.05, 0.1) is 26.3 Å². The van der Waals surface area contributed by atoms with Crippen LogP contribution < -0.4 is 0 Å². The Labute approximate surface area is 117 Å². The first-order valence-electron chi connectivity index (χ1n) is 5.28. The first-order chi connectivity index (χ1) is 8.15. The Balaban J connectivity index is 2.40. The van der Waals surface area contributed by atoms with E-state index in [0.717, 1.165) is 30.7 Å². The molecule has 0 aliphatic heterocycles. The van der Waals surface area contributed by atoms with E-state index in [1.807, 2.05) is 19.9 Å². The van der Waals surface area contributed by atoms with E-state index < -0.39 is 0 Å². The molecule has 0 aliphatic carbocycles. The third-order valence-corrected chi connectivity index (χ3v) is 5.56. The number of nitrogens with zero attached hydrogens (tertiary/aromatic N) is 2. The Morgan fingerprint density at radius 2 is 2.24 bits per heavy atom. The Hall–Kier alpha value is -0.700. The van der Waals surface area contributed by atoms with Crippen molar-refractivity contribution in [2.45, 2.75) is 26.2 Å². The highest BCUT2D eigenvalue weighted by atomic mass is 79.9. The topological polar surface area (TPSA) is 36.7 Å². The zero-order chi connectivity index (χ0) is 12.4. The number of rotatable bonds is 3. The van der Waals surface area contributed by atoms with Gasteiger partial charge in [0.1, 0.15) is 5.01 Å². The van der Waals surface area contributed by atoms with Gasteiger partial charge in [0.15, 0.2) is 0 Å². The second kappa shape index (κ2) is 5.30. The summed E-state index contributed by atoms with van der Waals surface area (Å²) in [5, 5.41) is 10.1.